The SMILES string of the molecule is C=CCOCCCCCNCC(C)C. The zero-order chi connectivity index (χ0) is 10.6. The fraction of sp³-hybridized carbons (Fsp3) is 0.833. The van der Waals surface area contributed by atoms with Crippen molar-refractivity contribution in [1.29, 1.82) is 0 Å². The first-order valence-corrected chi connectivity index (χ1v) is 5.66. The zero-order valence-electron chi connectivity index (χ0n) is 9.72. The maximum Gasteiger partial charge on any atom is 0.0644 e. The Bertz CT molecular complexity index is 123. The molecule has 0 unspecified atom stereocenters. The number of ether oxygens (including phenoxy) is 1. The lowest BCUT2D eigenvalue weighted by molar-refractivity contribution is 0.157. The first-order chi connectivity index (χ1) is 6.77. The van der Waals surface area contributed by atoms with Crippen molar-refractivity contribution < 1.29 is 4.74 Å². The van der Waals surface area contributed by atoms with E-state index in [2.05, 4.69) is 25.7 Å². The van der Waals surface area contributed by atoms with E-state index in [1.807, 2.05) is 0 Å². The van der Waals surface area contributed by atoms with Gasteiger partial charge in [-0.3, -0.25) is 0 Å². The van der Waals surface area contributed by atoms with Crippen LogP contribution in [0.5, 0.6) is 0 Å². The Balaban J connectivity index is 2.88. The Morgan fingerprint density at radius 3 is 2.71 bits per heavy atom. The molecule has 1 N–H and O–H groups in total. The average molecular weight is 199 g/mol. The van der Waals surface area contributed by atoms with Gasteiger partial charge in [0.05, 0.1) is 6.61 Å². The van der Waals surface area contributed by atoms with Gasteiger partial charge in [-0.05, 0) is 38.3 Å². The van der Waals surface area contributed by atoms with Gasteiger partial charge in [0.1, 0.15) is 0 Å². The summed E-state index contributed by atoms with van der Waals surface area (Å²) in [5.74, 6) is 0.755. The highest BCUT2D eigenvalue weighted by Crippen LogP contribution is 1.95. The normalized spacial score (nSPS) is 10.8. The summed E-state index contributed by atoms with van der Waals surface area (Å²) in [4.78, 5) is 0. The fourth-order valence-corrected chi connectivity index (χ4v) is 1.19. The van der Waals surface area contributed by atoms with Gasteiger partial charge in [0, 0.05) is 6.61 Å². The van der Waals surface area contributed by atoms with Crippen LogP contribution >= 0.6 is 0 Å². The molecule has 2 heteroatoms. The summed E-state index contributed by atoms with van der Waals surface area (Å²) >= 11 is 0. The smallest absolute Gasteiger partial charge is 0.0644 e. The molecule has 84 valence electrons. The van der Waals surface area contributed by atoms with E-state index in [-0.39, 0.29) is 0 Å². The molecule has 0 spiro atoms. The molecule has 0 atom stereocenters. The molecular weight excluding hydrogens is 174 g/mol. The van der Waals surface area contributed by atoms with Crippen LogP contribution in [0.4, 0.5) is 0 Å². The van der Waals surface area contributed by atoms with E-state index in [0.717, 1.165) is 32.0 Å². The molecule has 0 saturated carbocycles. The predicted octanol–water partition coefficient (Wildman–Crippen LogP) is 2.60. The van der Waals surface area contributed by atoms with Gasteiger partial charge in [0.15, 0.2) is 0 Å². The molecule has 0 radical (unpaired) electrons. The van der Waals surface area contributed by atoms with Crippen molar-refractivity contribution in [3.8, 4) is 0 Å². The lowest BCUT2D eigenvalue weighted by Gasteiger charge is -2.06. The zero-order valence-corrected chi connectivity index (χ0v) is 9.72. The summed E-state index contributed by atoms with van der Waals surface area (Å²) < 4.78 is 5.29. The Morgan fingerprint density at radius 1 is 1.29 bits per heavy atom. The second-order valence-corrected chi connectivity index (χ2v) is 4.02. The van der Waals surface area contributed by atoms with E-state index >= 15 is 0 Å². The van der Waals surface area contributed by atoms with E-state index in [1.165, 1.54) is 12.8 Å². The number of hydrogen-bond acceptors (Lipinski definition) is 2. The Hall–Kier alpha value is -0.340. The van der Waals surface area contributed by atoms with Crippen LogP contribution in [0.3, 0.4) is 0 Å². The van der Waals surface area contributed by atoms with Crippen molar-refractivity contribution in [3.63, 3.8) is 0 Å². The largest absolute Gasteiger partial charge is 0.377 e. The van der Waals surface area contributed by atoms with Gasteiger partial charge in [-0.15, -0.1) is 6.58 Å². The molecule has 0 aliphatic rings. The Labute approximate surface area is 88.7 Å². The Morgan fingerprint density at radius 2 is 2.07 bits per heavy atom. The standard InChI is InChI=1S/C12H25NO/c1-4-9-14-10-7-5-6-8-13-11-12(2)3/h4,12-13H,1,5-11H2,2-3H3. The van der Waals surface area contributed by atoms with E-state index < -0.39 is 0 Å². The molecule has 14 heavy (non-hydrogen) atoms. The molecule has 0 aliphatic carbocycles. The molecule has 0 rings (SSSR count). The highest BCUT2D eigenvalue weighted by molar-refractivity contribution is 4.63. The molecule has 0 aliphatic heterocycles. The van der Waals surface area contributed by atoms with Gasteiger partial charge in [-0.25, -0.2) is 0 Å². The Kier molecular flexibility index (Phi) is 10.5. The van der Waals surface area contributed by atoms with Crippen LogP contribution in [0.2, 0.25) is 0 Å². The minimum atomic E-state index is 0.686. The second kappa shape index (κ2) is 10.7. The van der Waals surface area contributed by atoms with Crippen LogP contribution in [0.1, 0.15) is 33.1 Å². The number of hydrogen-bond donors (Lipinski definition) is 1. The highest BCUT2D eigenvalue weighted by atomic mass is 16.5. The molecule has 0 aromatic rings. The average Bonchev–Trinajstić information content (AvgIpc) is 2.15. The first kappa shape index (κ1) is 13.7. The summed E-state index contributed by atoms with van der Waals surface area (Å²) in [5.41, 5.74) is 0. The molecule has 0 aromatic carbocycles. The van der Waals surface area contributed by atoms with Crippen LogP contribution in [0, 0.1) is 5.92 Å². The molecular formula is C12H25NO. The van der Waals surface area contributed by atoms with Crippen molar-refractivity contribution in [3.05, 3.63) is 12.7 Å². The molecule has 0 amide bonds. The molecule has 2 nitrogen and oxygen atoms in total. The van der Waals surface area contributed by atoms with Gasteiger partial charge < -0.3 is 10.1 Å². The van der Waals surface area contributed by atoms with Crippen LogP contribution in [0.25, 0.3) is 0 Å². The molecule has 0 fully saturated rings. The van der Waals surface area contributed by atoms with Crippen molar-refractivity contribution in [2.45, 2.75) is 33.1 Å². The molecule has 0 bridgehead atoms. The molecule has 0 saturated heterocycles. The van der Waals surface area contributed by atoms with E-state index in [9.17, 15) is 0 Å². The second-order valence-electron chi connectivity index (χ2n) is 4.02. The highest BCUT2D eigenvalue weighted by Gasteiger charge is 1.92. The van der Waals surface area contributed by atoms with E-state index in [1.54, 1.807) is 6.08 Å². The number of rotatable bonds is 10. The molecule has 0 heterocycles. The first-order valence-electron chi connectivity index (χ1n) is 5.66. The third-order valence-electron chi connectivity index (χ3n) is 1.93. The summed E-state index contributed by atoms with van der Waals surface area (Å²) in [6.45, 7) is 11.9. The summed E-state index contributed by atoms with van der Waals surface area (Å²) in [6.07, 6.45) is 5.47. The fourth-order valence-electron chi connectivity index (χ4n) is 1.19. The van der Waals surface area contributed by atoms with Crippen LogP contribution in [0.15, 0.2) is 12.7 Å². The van der Waals surface area contributed by atoms with Crippen molar-refractivity contribution in [2.24, 2.45) is 5.92 Å². The quantitative estimate of drug-likeness (QED) is 0.431. The summed E-state index contributed by atoms with van der Waals surface area (Å²) in [7, 11) is 0. The third kappa shape index (κ3) is 11.7. The maximum atomic E-state index is 5.29. The lowest BCUT2D eigenvalue weighted by atomic mass is 10.2. The van der Waals surface area contributed by atoms with Gasteiger partial charge in [-0.2, -0.15) is 0 Å². The number of nitrogens with one attached hydrogen (secondary N) is 1. The summed E-state index contributed by atoms with van der Waals surface area (Å²) in [5, 5.41) is 3.43. The van der Waals surface area contributed by atoms with Gasteiger partial charge in [0.25, 0.3) is 0 Å². The third-order valence-corrected chi connectivity index (χ3v) is 1.93. The van der Waals surface area contributed by atoms with Crippen molar-refractivity contribution >= 4 is 0 Å². The maximum absolute atomic E-state index is 5.29. The monoisotopic (exact) mass is 199 g/mol. The minimum Gasteiger partial charge on any atom is -0.377 e. The van der Waals surface area contributed by atoms with Crippen molar-refractivity contribution in [1.82, 2.24) is 5.32 Å². The topological polar surface area (TPSA) is 21.3 Å². The summed E-state index contributed by atoms with van der Waals surface area (Å²) in [6, 6.07) is 0. The van der Waals surface area contributed by atoms with Crippen molar-refractivity contribution in [2.75, 3.05) is 26.3 Å². The van der Waals surface area contributed by atoms with Gasteiger partial charge in [-0.1, -0.05) is 19.9 Å². The van der Waals surface area contributed by atoms with Crippen LogP contribution < -0.4 is 5.32 Å². The van der Waals surface area contributed by atoms with Crippen LogP contribution in [-0.4, -0.2) is 26.3 Å². The lowest BCUT2D eigenvalue weighted by Crippen LogP contribution is -2.20. The minimum absolute atomic E-state index is 0.686. The van der Waals surface area contributed by atoms with Crippen LogP contribution in [-0.2, 0) is 4.74 Å². The van der Waals surface area contributed by atoms with Gasteiger partial charge >= 0.3 is 0 Å². The van der Waals surface area contributed by atoms with Gasteiger partial charge in [0.2, 0.25) is 0 Å². The van der Waals surface area contributed by atoms with E-state index in [4.69, 9.17) is 4.74 Å². The molecule has 0 aromatic heterocycles. The predicted molar refractivity (Wildman–Crippen MR) is 62.6 cm³/mol. The number of unbranched alkanes of at least 4 members (excludes halogenated alkanes) is 2. The van der Waals surface area contributed by atoms with E-state index in [0.29, 0.717) is 6.61 Å².